The summed E-state index contributed by atoms with van der Waals surface area (Å²) in [5.41, 5.74) is 0. The van der Waals surface area contributed by atoms with Gasteiger partial charge in [-0.1, -0.05) is 12.8 Å². The number of nitrogens with one attached hydrogen (secondary N) is 2. The summed E-state index contributed by atoms with van der Waals surface area (Å²) in [6.45, 7) is 0.447. The summed E-state index contributed by atoms with van der Waals surface area (Å²) in [6.07, 6.45) is 7.72. The van der Waals surface area contributed by atoms with Crippen molar-refractivity contribution in [3.63, 3.8) is 0 Å². The van der Waals surface area contributed by atoms with Gasteiger partial charge in [0.25, 0.3) is 0 Å². The Hall–Kier alpha value is -0.850. The van der Waals surface area contributed by atoms with Crippen LogP contribution < -0.4 is 10.6 Å². The number of hydrogen-bond acceptors (Lipinski definition) is 4. The molecular weight excluding hydrogens is 313 g/mol. The van der Waals surface area contributed by atoms with Gasteiger partial charge in [0.05, 0.1) is 12.6 Å². The van der Waals surface area contributed by atoms with Gasteiger partial charge in [-0.05, 0) is 25.2 Å². The molecule has 0 bridgehead atoms. The van der Waals surface area contributed by atoms with Crippen molar-refractivity contribution in [3.8, 4) is 0 Å². The summed E-state index contributed by atoms with van der Waals surface area (Å²) < 4.78 is 1.82. The first-order chi connectivity index (χ1) is 9.24. The van der Waals surface area contributed by atoms with E-state index >= 15 is 0 Å². The Balaban J connectivity index is 0.00000110. The predicted molar refractivity (Wildman–Crippen MR) is 84.6 cm³/mol. The highest BCUT2D eigenvalue weighted by molar-refractivity contribution is 5.85. The lowest BCUT2D eigenvalue weighted by Gasteiger charge is -2.24. The first kappa shape index (κ1) is 18.2. The molecular formula is C13H23Cl2N5O. The predicted octanol–water partition coefficient (Wildman–Crippen LogP) is 1.20. The summed E-state index contributed by atoms with van der Waals surface area (Å²) >= 11 is 0. The molecule has 120 valence electrons. The second-order valence-electron chi connectivity index (χ2n) is 5.68. The standard InChI is InChI=1S/C13H21N5O.2ClH/c1-18-8-15-17-12(18)7-14-13(19)11-6-9-4-2-3-5-10(9)16-11;;/h8-11,16H,2-7H2,1H3,(H,14,19);2*1H. The Morgan fingerprint density at radius 3 is 2.86 bits per heavy atom. The first-order valence-electron chi connectivity index (χ1n) is 7.10. The van der Waals surface area contributed by atoms with E-state index in [-0.39, 0.29) is 36.8 Å². The van der Waals surface area contributed by atoms with E-state index in [2.05, 4.69) is 20.8 Å². The maximum Gasteiger partial charge on any atom is 0.237 e. The third-order valence-electron chi connectivity index (χ3n) is 4.41. The van der Waals surface area contributed by atoms with Crippen molar-refractivity contribution < 1.29 is 4.79 Å². The monoisotopic (exact) mass is 335 g/mol. The van der Waals surface area contributed by atoms with Crippen molar-refractivity contribution in [3.05, 3.63) is 12.2 Å². The fraction of sp³-hybridized carbons (Fsp3) is 0.769. The molecule has 1 amide bonds. The molecule has 1 aliphatic heterocycles. The van der Waals surface area contributed by atoms with Crippen molar-refractivity contribution in [2.75, 3.05) is 0 Å². The van der Waals surface area contributed by atoms with Crippen molar-refractivity contribution in [1.82, 2.24) is 25.4 Å². The molecule has 1 aromatic rings. The number of amides is 1. The van der Waals surface area contributed by atoms with E-state index in [9.17, 15) is 4.79 Å². The van der Waals surface area contributed by atoms with E-state index < -0.39 is 0 Å². The highest BCUT2D eigenvalue weighted by atomic mass is 35.5. The lowest BCUT2D eigenvalue weighted by Crippen LogP contribution is -2.43. The molecule has 1 saturated heterocycles. The molecule has 0 radical (unpaired) electrons. The molecule has 1 aliphatic carbocycles. The van der Waals surface area contributed by atoms with Gasteiger partial charge in [-0.2, -0.15) is 0 Å². The molecule has 2 N–H and O–H groups in total. The van der Waals surface area contributed by atoms with Gasteiger partial charge in [0.2, 0.25) is 5.91 Å². The largest absolute Gasteiger partial charge is 0.347 e. The molecule has 2 heterocycles. The number of fused-ring (bicyclic) bond motifs is 1. The average Bonchev–Trinajstić information content (AvgIpc) is 3.01. The fourth-order valence-electron chi connectivity index (χ4n) is 3.28. The third-order valence-corrected chi connectivity index (χ3v) is 4.41. The Kier molecular flexibility index (Phi) is 6.90. The Bertz CT molecular complexity index is 453. The smallest absolute Gasteiger partial charge is 0.237 e. The Morgan fingerprint density at radius 2 is 2.19 bits per heavy atom. The van der Waals surface area contributed by atoms with Crippen LogP contribution in [0.4, 0.5) is 0 Å². The zero-order valence-corrected chi connectivity index (χ0v) is 13.8. The summed E-state index contributed by atoms with van der Waals surface area (Å²) in [4.78, 5) is 12.2. The number of nitrogens with zero attached hydrogens (tertiary/aromatic N) is 3. The highest BCUT2D eigenvalue weighted by Gasteiger charge is 2.38. The van der Waals surface area contributed by atoms with Gasteiger partial charge in [0.15, 0.2) is 5.82 Å². The van der Waals surface area contributed by atoms with Crippen LogP contribution in [-0.4, -0.2) is 32.8 Å². The summed E-state index contributed by atoms with van der Waals surface area (Å²) in [5, 5.41) is 14.2. The van der Waals surface area contributed by atoms with E-state index in [4.69, 9.17) is 0 Å². The van der Waals surface area contributed by atoms with Gasteiger partial charge in [0, 0.05) is 13.1 Å². The summed E-state index contributed by atoms with van der Waals surface area (Å²) in [7, 11) is 1.88. The van der Waals surface area contributed by atoms with Gasteiger partial charge in [-0.3, -0.25) is 4.79 Å². The van der Waals surface area contributed by atoms with Gasteiger partial charge in [-0.15, -0.1) is 35.0 Å². The van der Waals surface area contributed by atoms with Crippen LogP contribution in [0, 0.1) is 5.92 Å². The van der Waals surface area contributed by atoms with E-state index in [1.165, 1.54) is 25.7 Å². The number of aromatic nitrogens is 3. The van der Waals surface area contributed by atoms with Crippen LogP contribution in [0.1, 0.15) is 37.9 Å². The average molecular weight is 336 g/mol. The second kappa shape index (κ2) is 7.96. The minimum absolute atomic E-state index is 0. The summed E-state index contributed by atoms with van der Waals surface area (Å²) in [5.74, 6) is 1.57. The van der Waals surface area contributed by atoms with Gasteiger partial charge in [-0.25, -0.2) is 0 Å². The number of carbonyl (C=O) groups is 1. The van der Waals surface area contributed by atoms with Crippen LogP contribution >= 0.6 is 24.8 Å². The molecule has 2 fully saturated rings. The number of aryl methyl sites for hydroxylation is 1. The van der Waals surface area contributed by atoms with Crippen LogP contribution in [0.25, 0.3) is 0 Å². The minimum Gasteiger partial charge on any atom is -0.347 e. The molecule has 0 spiro atoms. The molecule has 8 heteroatoms. The molecule has 1 saturated carbocycles. The SMILES string of the molecule is Cl.Cl.Cn1cnnc1CNC(=O)C1CC2CCCCC2N1. The molecule has 3 rings (SSSR count). The van der Waals surface area contributed by atoms with Crippen LogP contribution in [0.2, 0.25) is 0 Å². The molecule has 3 unspecified atom stereocenters. The van der Waals surface area contributed by atoms with Crippen LogP contribution in [0.5, 0.6) is 0 Å². The maximum atomic E-state index is 12.2. The summed E-state index contributed by atoms with van der Waals surface area (Å²) in [6, 6.07) is 0.528. The quantitative estimate of drug-likeness (QED) is 0.870. The van der Waals surface area contributed by atoms with Crippen molar-refractivity contribution in [2.24, 2.45) is 13.0 Å². The lowest BCUT2D eigenvalue weighted by molar-refractivity contribution is -0.123. The van der Waals surface area contributed by atoms with E-state index in [0.717, 1.165) is 12.2 Å². The van der Waals surface area contributed by atoms with Crippen LogP contribution in [-0.2, 0) is 18.4 Å². The third kappa shape index (κ3) is 4.08. The Labute approximate surface area is 137 Å². The molecule has 0 aromatic carbocycles. The van der Waals surface area contributed by atoms with E-state index in [1.807, 2.05) is 11.6 Å². The number of halogens is 2. The zero-order valence-electron chi connectivity index (χ0n) is 12.1. The number of rotatable bonds is 3. The highest BCUT2D eigenvalue weighted by Crippen LogP contribution is 2.33. The second-order valence-corrected chi connectivity index (χ2v) is 5.68. The normalized spacial score (nSPS) is 27.2. The first-order valence-corrected chi connectivity index (χ1v) is 7.10. The van der Waals surface area contributed by atoms with Crippen molar-refractivity contribution in [1.29, 1.82) is 0 Å². The van der Waals surface area contributed by atoms with E-state index in [0.29, 0.717) is 18.5 Å². The van der Waals surface area contributed by atoms with E-state index in [1.54, 1.807) is 6.33 Å². The van der Waals surface area contributed by atoms with Crippen molar-refractivity contribution in [2.45, 2.75) is 50.7 Å². The molecule has 1 aromatic heterocycles. The van der Waals surface area contributed by atoms with Gasteiger partial charge >= 0.3 is 0 Å². The van der Waals surface area contributed by atoms with Crippen LogP contribution in [0.15, 0.2) is 6.33 Å². The topological polar surface area (TPSA) is 71.8 Å². The van der Waals surface area contributed by atoms with Gasteiger partial charge in [0.1, 0.15) is 6.33 Å². The van der Waals surface area contributed by atoms with Crippen molar-refractivity contribution >= 4 is 30.7 Å². The minimum atomic E-state index is -0.0265. The molecule has 3 atom stereocenters. The molecule has 2 aliphatic rings. The molecule has 21 heavy (non-hydrogen) atoms. The molecule has 6 nitrogen and oxygen atoms in total. The maximum absolute atomic E-state index is 12.2. The number of carbonyl (C=O) groups excluding carboxylic acids is 1. The fourth-order valence-corrected chi connectivity index (χ4v) is 3.28. The van der Waals surface area contributed by atoms with Crippen LogP contribution in [0.3, 0.4) is 0 Å². The number of hydrogen-bond donors (Lipinski definition) is 2. The lowest BCUT2D eigenvalue weighted by atomic mass is 9.85. The van der Waals surface area contributed by atoms with Gasteiger partial charge < -0.3 is 15.2 Å². The Morgan fingerprint density at radius 1 is 1.43 bits per heavy atom. The zero-order chi connectivity index (χ0) is 13.2.